The summed E-state index contributed by atoms with van der Waals surface area (Å²) in [7, 11) is 0. The molecule has 0 spiro atoms. The highest BCUT2D eigenvalue weighted by Gasteiger charge is 2.08. The maximum Gasteiger partial charge on any atom is 0.311 e. The molecule has 0 atom stereocenters. The molecule has 0 bridgehead atoms. The molecule has 150 valence electrons. The zero-order valence-electron chi connectivity index (χ0n) is 15.8. The molecule has 1 aromatic heterocycles. The first-order valence-electron chi connectivity index (χ1n) is 8.99. The van der Waals surface area contributed by atoms with Crippen molar-refractivity contribution in [1.29, 1.82) is 0 Å². The van der Waals surface area contributed by atoms with E-state index in [4.69, 9.17) is 21.1 Å². The summed E-state index contributed by atoms with van der Waals surface area (Å²) in [5, 5.41) is 7.18. The van der Waals surface area contributed by atoms with E-state index < -0.39 is 0 Å². The largest absolute Gasteiger partial charge is 0.488 e. The van der Waals surface area contributed by atoms with Crippen molar-refractivity contribution in [3.05, 3.63) is 75.8 Å². The maximum absolute atomic E-state index is 11.5. The fourth-order valence-corrected chi connectivity index (χ4v) is 3.28. The lowest BCUT2D eigenvalue weighted by molar-refractivity contribution is -0.142. The van der Waals surface area contributed by atoms with Crippen LogP contribution >= 0.6 is 22.9 Å². The molecule has 0 radical (unpaired) electrons. The van der Waals surface area contributed by atoms with Crippen LogP contribution < -0.4 is 10.2 Å². The van der Waals surface area contributed by atoms with Gasteiger partial charge in [0, 0.05) is 16.0 Å². The van der Waals surface area contributed by atoms with Crippen molar-refractivity contribution in [2.75, 3.05) is 12.0 Å². The molecule has 0 saturated carbocycles. The molecule has 3 aromatic rings. The van der Waals surface area contributed by atoms with Crippen LogP contribution in [0.1, 0.15) is 23.7 Å². The number of aromatic nitrogens is 1. The van der Waals surface area contributed by atoms with Crippen LogP contribution in [-0.4, -0.2) is 23.8 Å². The van der Waals surface area contributed by atoms with Crippen LogP contribution in [0.15, 0.2) is 59.0 Å². The second kappa shape index (κ2) is 10.6. The molecule has 0 unspecified atom stereocenters. The predicted octanol–water partition coefficient (Wildman–Crippen LogP) is 4.93. The number of rotatable bonds is 9. The van der Waals surface area contributed by atoms with E-state index in [9.17, 15) is 4.79 Å². The molecule has 0 fully saturated rings. The Hall–Kier alpha value is -2.90. The quantitative estimate of drug-likeness (QED) is 0.296. The number of nitrogens with one attached hydrogen (secondary N) is 1. The van der Waals surface area contributed by atoms with Crippen molar-refractivity contribution in [1.82, 2.24) is 4.98 Å². The van der Waals surface area contributed by atoms with Gasteiger partial charge >= 0.3 is 5.97 Å². The van der Waals surface area contributed by atoms with Gasteiger partial charge < -0.3 is 9.47 Å². The van der Waals surface area contributed by atoms with Crippen LogP contribution in [0.2, 0.25) is 5.02 Å². The van der Waals surface area contributed by atoms with E-state index in [-0.39, 0.29) is 12.4 Å². The molecule has 0 amide bonds. The van der Waals surface area contributed by atoms with Gasteiger partial charge in [0.1, 0.15) is 12.4 Å². The van der Waals surface area contributed by atoms with Gasteiger partial charge in [-0.3, -0.25) is 10.2 Å². The predicted molar refractivity (Wildman–Crippen MR) is 116 cm³/mol. The van der Waals surface area contributed by atoms with Gasteiger partial charge in [-0.2, -0.15) is 5.10 Å². The Morgan fingerprint density at radius 1 is 1.28 bits per heavy atom. The number of anilines is 1. The molecule has 0 saturated heterocycles. The van der Waals surface area contributed by atoms with Gasteiger partial charge in [-0.25, -0.2) is 4.98 Å². The molecular formula is C21H20ClN3O3S. The molecule has 8 heteroatoms. The number of ether oxygens (including phenoxy) is 2. The molecular weight excluding hydrogens is 410 g/mol. The summed E-state index contributed by atoms with van der Waals surface area (Å²) in [5.74, 6) is 0.373. The highest BCUT2D eigenvalue weighted by atomic mass is 35.5. The number of halogens is 1. The van der Waals surface area contributed by atoms with Crippen LogP contribution in [0.4, 0.5) is 5.13 Å². The Bertz CT molecular complexity index is 976. The summed E-state index contributed by atoms with van der Waals surface area (Å²) in [6.45, 7) is 2.57. The molecule has 1 N–H and O–H groups in total. The monoisotopic (exact) mass is 429 g/mol. The summed E-state index contributed by atoms with van der Waals surface area (Å²) in [6, 6.07) is 15.3. The second-order valence-electron chi connectivity index (χ2n) is 5.95. The number of benzene rings is 2. The van der Waals surface area contributed by atoms with Gasteiger partial charge in [0.2, 0.25) is 5.13 Å². The molecule has 3 rings (SSSR count). The number of esters is 1. The lowest BCUT2D eigenvalue weighted by atomic mass is 10.2. The minimum Gasteiger partial charge on any atom is -0.488 e. The molecule has 1 heterocycles. The Balaban J connectivity index is 1.62. The van der Waals surface area contributed by atoms with Crippen molar-refractivity contribution in [3.63, 3.8) is 0 Å². The number of hydrogen-bond donors (Lipinski definition) is 1. The third-order valence-electron chi connectivity index (χ3n) is 3.76. The Morgan fingerprint density at radius 2 is 2.10 bits per heavy atom. The van der Waals surface area contributed by atoms with Gasteiger partial charge in [0.15, 0.2) is 0 Å². The fourth-order valence-electron chi connectivity index (χ4n) is 2.44. The third-order valence-corrected chi connectivity index (χ3v) is 4.79. The van der Waals surface area contributed by atoms with Crippen LogP contribution in [0, 0.1) is 0 Å². The second-order valence-corrected chi connectivity index (χ2v) is 7.25. The van der Waals surface area contributed by atoms with Crippen LogP contribution in [0.3, 0.4) is 0 Å². The lowest BCUT2D eigenvalue weighted by Gasteiger charge is -2.09. The first kappa shape index (κ1) is 20.8. The molecule has 0 aliphatic carbocycles. The summed E-state index contributed by atoms with van der Waals surface area (Å²) in [5.41, 5.74) is 5.31. The van der Waals surface area contributed by atoms with E-state index in [1.165, 1.54) is 11.3 Å². The van der Waals surface area contributed by atoms with Crippen LogP contribution in [0.25, 0.3) is 0 Å². The number of hydrogen-bond acceptors (Lipinski definition) is 7. The first-order chi connectivity index (χ1) is 14.1. The number of hydrazone groups is 1. The zero-order valence-corrected chi connectivity index (χ0v) is 17.4. The number of carbonyl (C=O) groups is 1. The topological polar surface area (TPSA) is 72.8 Å². The molecule has 29 heavy (non-hydrogen) atoms. The van der Waals surface area contributed by atoms with Crippen molar-refractivity contribution in [3.8, 4) is 5.75 Å². The van der Waals surface area contributed by atoms with Crippen LogP contribution in [0.5, 0.6) is 5.75 Å². The smallest absolute Gasteiger partial charge is 0.311 e. The molecule has 0 aliphatic rings. The van der Waals surface area contributed by atoms with E-state index in [0.717, 1.165) is 11.1 Å². The normalized spacial score (nSPS) is 10.8. The third kappa shape index (κ3) is 6.58. The van der Waals surface area contributed by atoms with E-state index in [0.29, 0.717) is 34.8 Å². The molecule has 2 aromatic carbocycles. The van der Waals surface area contributed by atoms with Gasteiger partial charge in [-0.05, 0) is 30.7 Å². The Labute approximate surface area is 178 Å². The lowest BCUT2D eigenvalue weighted by Crippen LogP contribution is -2.07. The minimum absolute atomic E-state index is 0.140. The summed E-state index contributed by atoms with van der Waals surface area (Å²) >= 11 is 7.47. The summed E-state index contributed by atoms with van der Waals surface area (Å²) < 4.78 is 10.8. The van der Waals surface area contributed by atoms with Gasteiger partial charge in [-0.15, -0.1) is 11.3 Å². The van der Waals surface area contributed by atoms with Crippen LogP contribution in [-0.2, 0) is 22.6 Å². The summed E-state index contributed by atoms with van der Waals surface area (Å²) in [6.07, 6.45) is 1.76. The number of nitrogens with zero attached hydrogens (tertiary/aromatic N) is 2. The van der Waals surface area contributed by atoms with Gasteiger partial charge in [0.25, 0.3) is 0 Å². The standard InChI is InChI=1S/C21H20ClN3O3S/c1-2-27-20(26)11-18-14-29-21(24-18)25-23-12-16-10-17(22)8-9-19(16)28-13-15-6-4-3-5-7-15/h3-10,12,14H,2,11,13H2,1H3,(H,24,25). The molecule has 6 nitrogen and oxygen atoms in total. The van der Waals surface area contributed by atoms with Crippen molar-refractivity contribution < 1.29 is 14.3 Å². The van der Waals surface area contributed by atoms with Gasteiger partial charge in [0.05, 0.1) is 24.9 Å². The number of carbonyl (C=O) groups excluding carboxylic acids is 1. The summed E-state index contributed by atoms with van der Waals surface area (Å²) in [4.78, 5) is 15.8. The highest BCUT2D eigenvalue weighted by Crippen LogP contribution is 2.23. The maximum atomic E-state index is 11.5. The Kier molecular flexibility index (Phi) is 7.61. The van der Waals surface area contributed by atoms with E-state index in [1.807, 2.05) is 36.4 Å². The Morgan fingerprint density at radius 3 is 2.90 bits per heavy atom. The molecule has 0 aliphatic heterocycles. The highest BCUT2D eigenvalue weighted by molar-refractivity contribution is 7.13. The number of thiazole rings is 1. The average molecular weight is 430 g/mol. The van der Waals surface area contributed by atoms with E-state index in [1.54, 1.807) is 30.7 Å². The SMILES string of the molecule is CCOC(=O)Cc1csc(NN=Cc2cc(Cl)ccc2OCc2ccccc2)n1. The van der Waals surface area contributed by atoms with Crippen molar-refractivity contribution in [2.45, 2.75) is 20.0 Å². The zero-order chi connectivity index (χ0) is 20.5. The first-order valence-corrected chi connectivity index (χ1v) is 10.2. The fraction of sp³-hybridized carbons (Fsp3) is 0.190. The van der Waals surface area contributed by atoms with Gasteiger partial charge in [-0.1, -0.05) is 41.9 Å². The average Bonchev–Trinajstić information content (AvgIpc) is 3.15. The van der Waals surface area contributed by atoms with E-state index >= 15 is 0 Å². The minimum atomic E-state index is -0.299. The van der Waals surface area contributed by atoms with Crippen molar-refractivity contribution in [2.24, 2.45) is 5.10 Å². The van der Waals surface area contributed by atoms with E-state index in [2.05, 4.69) is 15.5 Å². The van der Waals surface area contributed by atoms with Crippen molar-refractivity contribution >= 4 is 40.3 Å².